The lowest BCUT2D eigenvalue weighted by Crippen LogP contribution is -2.67. The van der Waals surface area contributed by atoms with E-state index in [1.807, 2.05) is 0 Å². The van der Waals surface area contributed by atoms with Crippen LogP contribution in [-0.2, 0) is 30.4 Å². The highest BCUT2D eigenvalue weighted by atomic mass is 19.2. The van der Waals surface area contributed by atoms with E-state index < -0.39 is 78.4 Å². The molecule has 250 valence electrons. The molecule has 1 amide bonds. The number of rotatable bonds is 9. The van der Waals surface area contributed by atoms with E-state index in [1.165, 1.54) is 44.2 Å². The van der Waals surface area contributed by atoms with Crippen molar-refractivity contribution in [3.63, 3.8) is 0 Å². The van der Waals surface area contributed by atoms with Crippen molar-refractivity contribution in [2.75, 3.05) is 6.79 Å². The molecule has 3 fully saturated rings. The van der Waals surface area contributed by atoms with Crippen molar-refractivity contribution in [2.24, 2.45) is 0 Å². The number of ether oxygens (including phenoxy) is 4. The van der Waals surface area contributed by atoms with Gasteiger partial charge in [0.05, 0.1) is 18.3 Å². The van der Waals surface area contributed by atoms with Gasteiger partial charge in [-0.2, -0.15) is 0 Å². The minimum absolute atomic E-state index is 0.0778. The zero-order chi connectivity index (χ0) is 33.3. The van der Waals surface area contributed by atoms with Crippen LogP contribution in [0.25, 0.3) is 6.08 Å². The average molecular weight is 655 g/mol. The number of carbonyl (C=O) groups excluding carboxylic acids is 1. The number of nitrogens with one attached hydrogen (secondary N) is 2. The number of hydrogen-bond acceptors (Lipinski definition) is 12. The van der Waals surface area contributed by atoms with Crippen molar-refractivity contribution in [3.8, 4) is 11.5 Å². The molecule has 2 heterocycles. The Balaban J connectivity index is 1.18. The fourth-order valence-electron chi connectivity index (χ4n) is 5.25. The average Bonchev–Trinajstić information content (AvgIpc) is 3.62. The number of fused-ring (bicyclic) bond motifs is 1. The first-order valence-corrected chi connectivity index (χ1v) is 14.1. The molecule has 3 aliphatic rings. The number of hydroxylamine groups is 1. The third-order valence-corrected chi connectivity index (χ3v) is 7.76. The zero-order valence-electron chi connectivity index (χ0n) is 24.5. The maximum atomic E-state index is 14.9. The summed E-state index contributed by atoms with van der Waals surface area (Å²) in [5.41, 5.74) is 3.28. The van der Waals surface area contributed by atoms with Gasteiger partial charge < -0.3 is 49.8 Å². The van der Waals surface area contributed by atoms with E-state index >= 15 is 0 Å². The molecule has 7 N–H and O–H groups in total. The van der Waals surface area contributed by atoms with Gasteiger partial charge in [-0.05, 0) is 55.3 Å². The monoisotopic (exact) mass is 654 g/mol. The highest BCUT2D eigenvalue weighted by Gasteiger charge is 2.53. The van der Waals surface area contributed by atoms with Crippen LogP contribution in [0.5, 0.6) is 11.5 Å². The molecule has 5 rings (SSSR count). The molecule has 0 unspecified atom stereocenters. The molecule has 13 nitrogen and oxygen atoms in total. The third-order valence-electron chi connectivity index (χ3n) is 7.76. The smallest absolute Gasteiger partial charge is 0.275 e. The molecule has 1 aliphatic carbocycles. The second-order valence-corrected chi connectivity index (χ2v) is 11.0. The molecule has 0 bridgehead atoms. The van der Waals surface area contributed by atoms with Crippen LogP contribution in [-0.4, -0.2) is 93.4 Å². The van der Waals surface area contributed by atoms with Crippen LogP contribution in [0.15, 0.2) is 53.4 Å². The molecular weight excluding hydrogens is 621 g/mol. The van der Waals surface area contributed by atoms with Gasteiger partial charge in [0.15, 0.2) is 35.0 Å². The van der Waals surface area contributed by atoms with Crippen LogP contribution < -0.4 is 15.5 Å². The largest absolute Gasteiger partial charge is 0.504 e. The summed E-state index contributed by atoms with van der Waals surface area (Å²) < 4.78 is 62.7. The summed E-state index contributed by atoms with van der Waals surface area (Å²) in [5.74, 6) is -3.63. The van der Waals surface area contributed by atoms with E-state index in [1.54, 1.807) is 0 Å². The van der Waals surface area contributed by atoms with Crippen molar-refractivity contribution in [1.29, 1.82) is 0 Å². The molecule has 1 saturated carbocycles. The van der Waals surface area contributed by atoms with Crippen LogP contribution >= 0.6 is 0 Å². The Hall–Kier alpha value is -3.90. The Morgan fingerprint density at radius 3 is 2.41 bits per heavy atom. The fourth-order valence-corrected chi connectivity index (χ4v) is 5.25. The first-order valence-electron chi connectivity index (χ1n) is 14.1. The number of benzene rings is 2. The van der Waals surface area contributed by atoms with Gasteiger partial charge in [0, 0.05) is 5.57 Å². The van der Waals surface area contributed by atoms with E-state index in [9.17, 15) is 43.5 Å². The molecule has 2 aromatic rings. The Morgan fingerprint density at radius 2 is 1.72 bits per heavy atom. The summed E-state index contributed by atoms with van der Waals surface area (Å²) in [7, 11) is 0. The zero-order valence-corrected chi connectivity index (χ0v) is 24.5. The fraction of sp³-hybridized carbons (Fsp3) is 0.433. The van der Waals surface area contributed by atoms with Gasteiger partial charge in [-0.3, -0.25) is 15.1 Å². The number of phenols is 1. The number of allylic oxidation sites excluding steroid dienone is 1. The summed E-state index contributed by atoms with van der Waals surface area (Å²) in [5, 5.41) is 54.6. The minimum atomic E-state index is -2.07. The number of aliphatic hydroxyl groups is 4. The van der Waals surface area contributed by atoms with Crippen molar-refractivity contribution in [3.05, 3.63) is 76.2 Å². The van der Waals surface area contributed by atoms with Gasteiger partial charge >= 0.3 is 0 Å². The number of carbonyl (C=O) groups is 1. The second-order valence-electron chi connectivity index (χ2n) is 11.0. The van der Waals surface area contributed by atoms with Gasteiger partial charge in [-0.1, -0.05) is 12.1 Å². The van der Waals surface area contributed by atoms with Gasteiger partial charge in [0.2, 0.25) is 12.1 Å². The number of phenolic OH excluding ortho intramolecular Hbond substituents is 1. The Labute approximate surface area is 260 Å². The maximum absolute atomic E-state index is 14.9. The van der Waals surface area contributed by atoms with Crippen molar-refractivity contribution in [2.45, 2.75) is 75.6 Å². The highest BCUT2D eigenvalue weighted by molar-refractivity contribution is 5.97. The first kappa shape index (κ1) is 33.5. The lowest BCUT2D eigenvalue weighted by molar-refractivity contribution is -0.155. The Kier molecular flexibility index (Phi) is 10.1. The van der Waals surface area contributed by atoms with E-state index in [4.69, 9.17) is 23.8 Å². The lowest BCUT2D eigenvalue weighted by atomic mass is 9.83. The molecule has 16 heteroatoms. The molecule has 46 heavy (non-hydrogen) atoms. The van der Waals surface area contributed by atoms with Crippen molar-refractivity contribution >= 4 is 12.0 Å². The summed E-state index contributed by atoms with van der Waals surface area (Å²) in [6.07, 6.45) is -10.2. The summed E-state index contributed by atoms with van der Waals surface area (Å²) in [6.45, 7) is 2.50. The number of aliphatic hydroxyl groups excluding tert-OH is 4. The van der Waals surface area contributed by atoms with Crippen LogP contribution in [0.1, 0.15) is 25.0 Å². The molecule has 2 aromatic carbocycles. The molecule has 0 spiro atoms. The molecule has 2 aliphatic heterocycles. The normalized spacial score (nSPS) is 32.0. The summed E-state index contributed by atoms with van der Waals surface area (Å²) >= 11 is 0. The van der Waals surface area contributed by atoms with E-state index in [0.29, 0.717) is 11.1 Å². The number of amides is 1. The molecule has 2 saturated heterocycles. The predicted octanol–water partition coefficient (Wildman–Crippen LogP) is 0.783. The van der Waals surface area contributed by atoms with Crippen LogP contribution in [0, 0.1) is 11.6 Å². The third kappa shape index (κ3) is 6.92. The van der Waals surface area contributed by atoms with Crippen LogP contribution in [0.3, 0.4) is 0 Å². The SMILES string of the molecule is CC(=Cc1ccc(O[C@@H]2OC(=C(C)NOCc3ccc(F)c(F)c3)[C@@H](O)[C@@H]2F)c(O)c1)C(=O)N[C@@H]1[C@H](O)[C@@H](O)[C@H]2OCO[C@H]2[C@@H]1O. The van der Waals surface area contributed by atoms with Gasteiger partial charge in [-0.15, -0.1) is 0 Å². The van der Waals surface area contributed by atoms with E-state index in [0.717, 1.165) is 12.1 Å². The van der Waals surface area contributed by atoms with E-state index in [-0.39, 0.29) is 36.2 Å². The second kappa shape index (κ2) is 13.8. The summed E-state index contributed by atoms with van der Waals surface area (Å²) in [6, 6.07) is 5.90. The summed E-state index contributed by atoms with van der Waals surface area (Å²) in [4.78, 5) is 18.0. The van der Waals surface area contributed by atoms with Crippen molar-refractivity contribution < 1.29 is 67.3 Å². The van der Waals surface area contributed by atoms with Crippen molar-refractivity contribution in [1.82, 2.24) is 10.8 Å². The number of aromatic hydroxyl groups is 1. The quantitative estimate of drug-likeness (QED) is 0.149. The predicted molar refractivity (Wildman–Crippen MR) is 150 cm³/mol. The van der Waals surface area contributed by atoms with Gasteiger partial charge in [-0.25, -0.2) is 13.2 Å². The van der Waals surface area contributed by atoms with Gasteiger partial charge in [0.25, 0.3) is 6.29 Å². The van der Waals surface area contributed by atoms with Crippen LogP contribution in [0.4, 0.5) is 13.2 Å². The molecule has 9 atom stereocenters. The lowest BCUT2D eigenvalue weighted by Gasteiger charge is -2.41. The standard InChI is InChI=1S/C30H33F3N2O11/c1-12(29(41)34-21-23(38)25(40)28-27(24(21)39)42-11-43-28)7-14-4-6-19(18(36)9-14)45-30-20(33)22(37)26(46-30)13(2)35-44-10-15-3-5-16(31)17(32)8-15/h3-9,20-25,27-28,30,35-40H,10-11H2,1-2H3,(H,34,41)/t20-,21+,22-,23-,24+,25+,27-,28+,30+/m0/s1. The number of hydrogen-bond donors (Lipinski definition) is 7. The molecular formula is C30H33F3N2O11. The number of alkyl halides is 1. The molecule has 0 radical (unpaired) electrons. The topological polar surface area (TPSA) is 188 Å². The number of halogens is 3. The Morgan fingerprint density at radius 1 is 1.00 bits per heavy atom. The minimum Gasteiger partial charge on any atom is -0.504 e. The van der Waals surface area contributed by atoms with Crippen LogP contribution in [0.2, 0.25) is 0 Å². The molecule has 0 aromatic heterocycles. The first-order chi connectivity index (χ1) is 21.8. The highest BCUT2D eigenvalue weighted by Crippen LogP contribution is 2.35. The van der Waals surface area contributed by atoms with E-state index in [2.05, 4.69) is 10.8 Å². The Bertz CT molecular complexity index is 1510. The van der Waals surface area contributed by atoms with Gasteiger partial charge in [0.1, 0.15) is 37.3 Å². The maximum Gasteiger partial charge on any atom is 0.275 e.